The Morgan fingerprint density at radius 2 is 1.80 bits per heavy atom. The molecule has 0 aliphatic heterocycles. The van der Waals surface area contributed by atoms with Gasteiger partial charge in [0.05, 0.1) is 30.0 Å². The number of ether oxygens (including phenoxy) is 1. The highest BCUT2D eigenvalue weighted by Crippen LogP contribution is 2.23. The number of hydrogen-bond acceptors (Lipinski definition) is 4. The van der Waals surface area contributed by atoms with Gasteiger partial charge in [0.2, 0.25) is 10.0 Å². The summed E-state index contributed by atoms with van der Waals surface area (Å²) in [6.07, 6.45) is 1.03. The van der Waals surface area contributed by atoms with Crippen LogP contribution in [-0.2, 0) is 10.0 Å². The third-order valence-electron chi connectivity index (χ3n) is 3.48. The second-order valence-corrected chi connectivity index (χ2v) is 7.69. The SMILES string of the molecule is COc1ccc([C@@H](C)NC(=O)c2cc(NS(C)(=O)=O)ccc2Cl)cc1. The van der Waals surface area contributed by atoms with Crippen LogP contribution < -0.4 is 14.8 Å². The Kier molecular flexibility index (Phi) is 5.92. The molecule has 8 heteroatoms. The fraction of sp³-hybridized carbons (Fsp3) is 0.235. The van der Waals surface area contributed by atoms with Gasteiger partial charge in [-0.05, 0) is 42.8 Å². The predicted octanol–water partition coefficient (Wildman–Crippen LogP) is 3.21. The first kappa shape index (κ1) is 19.1. The Hall–Kier alpha value is -2.25. The van der Waals surface area contributed by atoms with E-state index in [0.717, 1.165) is 17.6 Å². The van der Waals surface area contributed by atoms with Gasteiger partial charge in [0.25, 0.3) is 5.91 Å². The largest absolute Gasteiger partial charge is 0.497 e. The fourth-order valence-corrected chi connectivity index (χ4v) is 2.99. The van der Waals surface area contributed by atoms with Crippen molar-refractivity contribution in [1.29, 1.82) is 0 Å². The maximum absolute atomic E-state index is 12.5. The van der Waals surface area contributed by atoms with E-state index >= 15 is 0 Å². The van der Waals surface area contributed by atoms with E-state index in [0.29, 0.717) is 0 Å². The molecule has 25 heavy (non-hydrogen) atoms. The van der Waals surface area contributed by atoms with Gasteiger partial charge < -0.3 is 10.1 Å². The number of carbonyl (C=O) groups excluding carboxylic acids is 1. The van der Waals surface area contributed by atoms with Gasteiger partial charge in [-0.25, -0.2) is 8.42 Å². The molecule has 0 saturated heterocycles. The second kappa shape index (κ2) is 7.76. The summed E-state index contributed by atoms with van der Waals surface area (Å²) in [5.41, 5.74) is 1.36. The highest BCUT2D eigenvalue weighted by Gasteiger charge is 2.16. The quantitative estimate of drug-likeness (QED) is 0.803. The smallest absolute Gasteiger partial charge is 0.253 e. The summed E-state index contributed by atoms with van der Waals surface area (Å²) in [6, 6.07) is 11.4. The summed E-state index contributed by atoms with van der Waals surface area (Å²) in [5.74, 6) is 0.329. The number of hydrogen-bond donors (Lipinski definition) is 2. The number of carbonyl (C=O) groups is 1. The molecule has 6 nitrogen and oxygen atoms in total. The first-order valence-corrected chi connectivity index (χ1v) is 9.68. The summed E-state index contributed by atoms with van der Waals surface area (Å²) in [5, 5.41) is 3.07. The van der Waals surface area contributed by atoms with Crippen molar-refractivity contribution in [3.8, 4) is 5.75 Å². The highest BCUT2D eigenvalue weighted by atomic mass is 35.5. The van der Waals surface area contributed by atoms with E-state index in [-0.39, 0.29) is 22.3 Å². The minimum absolute atomic E-state index is 0.190. The van der Waals surface area contributed by atoms with Crippen LogP contribution in [0.3, 0.4) is 0 Å². The molecule has 1 amide bonds. The number of benzene rings is 2. The fourth-order valence-electron chi connectivity index (χ4n) is 2.23. The first-order chi connectivity index (χ1) is 11.7. The summed E-state index contributed by atoms with van der Waals surface area (Å²) < 4.78 is 30.1. The molecule has 0 aliphatic rings. The van der Waals surface area contributed by atoms with Crippen molar-refractivity contribution in [2.45, 2.75) is 13.0 Å². The number of nitrogens with one attached hydrogen (secondary N) is 2. The van der Waals surface area contributed by atoms with Gasteiger partial charge in [-0.3, -0.25) is 9.52 Å². The molecule has 2 aromatic carbocycles. The number of halogens is 1. The van der Waals surface area contributed by atoms with Gasteiger partial charge in [-0.15, -0.1) is 0 Å². The van der Waals surface area contributed by atoms with Crippen molar-refractivity contribution < 1.29 is 17.9 Å². The van der Waals surface area contributed by atoms with Crippen LogP contribution in [0.2, 0.25) is 5.02 Å². The molecule has 0 heterocycles. The topological polar surface area (TPSA) is 84.5 Å². The van der Waals surface area contributed by atoms with Gasteiger partial charge in [-0.2, -0.15) is 0 Å². The summed E-state index contributed by atoms with van der Waals surface area (Å²) in [7, 11) is -1.86. The van der Waals surface area contributed by atoms with Crippen LogP contribution in [0.5, 0.6) is 5.75 Å². The third-order valence-corrected chi connectivity index (χ3v) is 4.41. The molecule has 0 aliphatic carbocycles. The van der Waals surface area contributed by atoms with Crippen LogP contribution >= 0.6 is 11.6 Å². The molecule has 0 spiro atoms. The molecule has 0 unspecified atom stereocenters. The Bertz CT molecular complexity index is 867. The zero-order valence-corrected chi connectivity index (χ0v) is 15.6. The molecule has 0 radical (unpaired) electrons. The molecule has 2 N–H and O–H groups in total. The monoisotopic (exact) mass is 382 g/mol. The zero-order chi connectivity index (χ0) is 18.6. The van der Waals surface area contributed by atoms with E-state index in [1.807, 2.05) is 31.2 Å². The second-order valence-electron chi connectivity index (χ2n) is 5.54. The van der Waals surface area contributed by atoms with Crippen molar-refractivity contribution >= 4 is 33.2 Å². The van der Waals surface area contributed by atoms with E-state index in [4.69, 9.17) is 16.3 Å². The molecule has 2 aromatic rings. The average Bonchev–Trinajstić information content (AvgIpc) is 2.55. The Labute approximate surface area is 152 Å². The summed E-state index contributed by atoms with van der Waals surface area (Å²) in [6.45, 7) is 1.84. The lowest BCUT2D eigenvalue weighted by Gasteiger charge is -2.16. The van der Waals surface area contributed by atoms with Crippen LogP contribution in [0.25, 0.3) is 0 Å². The van der Waals surface area contributed by atoms with Crippen LogP contribution in [0.4, 0.5) is 5.69 Å². The minimum atomic E-state index is -3.44. The Morgan fingerprint density at radius 1 is 1.16 bits per heavy atom. The van der Waals surface area contributed by atoms with Gasteiger partial charge in [0, 0.05) is 5.69 Å². The van der Waals surface area contributed by atoms with Crippen LogP contribution in [0, 0.1) is 0 Å². The van der Waals surface area contributed by atoms with Crippen LogP contribution in [0.15, 0.2) is 42.5 Å². The number of anilines is 1. The van der Waals surface area contributed by atoms with Gasteiger partial charge >= 0.3 is 0 Å². The molecule has 2 rings (SSSR count). The van der Waals surface area contributed by atoms with E-state index in [2.05, 4.69) is 10.0 Å². The normalized spacial score (nSPS) is 12.3. The van der Waals surface area contributed by atoms with Crippen LogP contribution in [0.1, 0.15) is 28.9 Å². The third kappa shape index (κ3) is 5.37. The van der Waals surface area contributed by atoms with Crippen molar-refractivity contribution in [3.63, 3.8) is 0 Å². The Morgan fingerprint density at radius 3 is 2.36 bits per heavy atom. The van der Waals surface area contributed by atoms with Crippen molar-refractivity contribution in [3.05, 3.63) is 58.6 Å². The van der Waals surface area contributed by atoms with Gasteiger partial charge in [0.15, 0.2) is 0 Å². The molecule has 134 valence electrons. The molecular weight excluding hydrogens is 364 g/mol. The lowest BCUT2D eigenvalue weighted by Crippen LogP contribution is -2.27. The maximum Gasteiger partial charge on any atom is 0.253 e. The molecule has 0 saturated carbocycles. The molecule has 0 aromatic heterocycles. The summed E-state index contributed by atoms with van der Waals surface area (Å²) >= 11 is 6.08. The number of rotatable bonds is 6. The van der Waals surface area contributed by atoms with E-state index in [1.165, 1.54) is 18.2 Å². The van der Waals surface area contributed by atoms with Gasteiger partial charge in [0.1, 0.15) is 5.75 Å². The number of methoxy groups -OCH3 is 1. The molecule has 0 bridgehead atoms. The van der Waals surface area contributed by atoms with Gasteiger partial charge in [-0.1, -0.05) is 23.7 Å². The van der Waals surface area contributed by atoms with Crippen molar-refractivity contribution in [1.82, 2.24) is 5.32 Å². The lowest BCUT2D eigenvalue weighted by molar-refractivity contribution is 0.0940. The first-order valence-electron chi connectivity index (χ1n) is 7.42. The highest BCUT2D eigenvalue weighted by molar-refractivity contribution is 7.92. The zero-order valence-electron chi connectivity index (χ0n) is 14.0. The molecule has 0 fully saturated rings. The van der Waals surface area contributed by atoms with E-state index in [1.54, 1.807) is 7.11 Å². The number of sulfonamides is 1. The summed E-state index contributed by atoms with van der Waals surface area (Å²) in [4.78, 5) is 12.5. The minimum Gasteiger partial charge on any atom is -0.497 e. The number of amides is 1. The average molecular weight is 383 g/mol. The lowest BCUT2D eigenvalue weighted by atomic mass is 10.1. The molecular formula is C17H19ClN2O4S. The standard InChI is InChI=1S/C17H19ClN2O4S/c1-11(12-4-7-14(24-2)8-5-12)19-17(21)15-10-13(6-9-16(15)18)20-25(3,22)23/h4-11,20H,1-3H3,(H,19,21)/t11-/m1/s1. The van der Waals surface area contributed by atoms with E-state index in [9.17, 15) is 13.2 Å². The van der Waals surface area contributed by atoms with Crippen molar-refractivity contribution in [2.75, 3.05) is 18.1 Å². The molecule has 1 atom stereocenters. The van der Waals surface area contributed by atoms with Crippen LogP contribution in [-0.4, -0.2) is 27.7 Å². The van der Waals surface area contributed by atoms with Crippen molar-refractivity contribution in [2.24, 2.45) is 0 Å². The van der Waals surface area contributed by atoms with E-state index < -0.39 is 15.9 Å². The Balaban J connectivity index is 2.17. The maximum atomic E-state index is 12.5. The predicted molar refractivity (Wildman–Crippen MR) is 98.8 cm³/mol.